The van der Waals surface area contributed by atoms with Gasteiger partial charge in [-0.25, -0.2) is 0 Å². The molecule has 19 heavy (non-hydrogen) atoms. The molecule has 0 amide bonds. The van der Waals surface area contributed by atoms with Crippen LogP contribution in [0.25, 0.3) is 0 Å². The monoisotopic (exact) mass is 258 g/mol. The summed E-state index contributed by atoms with van der Waals surface area (Å²) < 4.78 is 5.59. The van der Waals surface area contributed by atoms with Crippen LogP contribution in [0.4, 0.5) is 0 Å². The van der Waals surface area contributed by atoms with Gasteiger partial charge in [0.2, 0.25) is 0 Å². The second-order valence-corrected chi connectivity index (χ2v) is 5.35. The molecular formula is C17H22O2. The van der Waals surface area contributed by atoms with E-state index in [0.717, 1.165) is 36.1 Å². The average molecular weight is 258 g/mol. The number of Topliss-reactive ketones (excluding diaryl/α,β-unsaturated/α-hetero) is 1. The lowest BCUT2D eigenvalue weighted by Gasteiger charge is -2.10. The van der Waals surface area contributed by atoms with Crippen molar-refractivity contribution in [1.29, 1.82) is 0 Å². The summed E-state index contributed by atoms with van der Waals surface area (Å²) in [5, 5.41) is 0. The van der Waals surface area contributed by atoms with Crippen molar-refractivity contribution in [3.63, 3.8) is 0 Å². The maximum atomic E-state index is 12.4. The fraction of sp³-hybridized carbons (Fsp3) is 0.471. The third-order valence-corrected chi connectivity index (χ3v) is 3.32. The van der Waals surface area contributed by atoms with E-state index in [0.29, 0.717) is 0 Å². The van der Waals surface area contributed by atoms with Crippen LogP contribution >= 0.6 is 0 Å². The van der Waals surface area contributed by atoms with Crippen molar-refractivity contribution >= 4 is 5.78 Å². The highest BCUT2D eigenvalue weighted by Gasteiger charge is 2.13. The van der Waals surface area contributed by atoms with Gasteiger partial charge in [0.25, 0.3) is 0 Å². The molecule has 1 aliphatic rings. The number of allylic oxidation sites excluding steroid dienone is 2. The Morgan fingerprint density at radius 3 is 2.53 bits per heavy atom. The van der Waals surface area contributed by atoms with Crippen molar-refractivity contribution in [1.82, 2.24) is 0 Å². The normalized spacial score (nSPS) is 15.8. The number of hydrogen-bond acceptors (Lipinski definition) is 2. The highest BCUT2D eigenvalue weighted by Crippen LogP contribution is 2.22. The third kappa shape index (κ3) is 3.95. The Balaban J connectivity index is 2.08. The Hall–Kier alpha value is -1.57. The lowest BCUT2D eigenvalue weighted by molar-refractivity contribution is 0.103. The highest BCUT2D eigenvalue weighted by molar-refractivity contribution is 6.08. The van der Waals surface area contributed by atoms with Crippen LogP contribution in [-0.4, -0.2) is 11.9 Å². The van der Waals surface area contributed by atoms with Crippen LogP contribution in [0.2, 0.25) is 0 Å². The smallest absolute Gasteiger partial charge is 0.188 e. The predicted octanol–water partition coefficient (Wildman–Crippen LogP) is 4.55. The van der Waals surface area contributed by atoms with Gasteiger partial charge in [0, 0.05) is 5.56 Å². The Morgan fingerprint density at radius 2 is 1.84 bits per heavy atom. The van der Waals surface area contributed by atoms with E-state index in [1.54, 1.807) is 0 Å². The first-order valence-electron chi connectivity index (χ1n) is 7.17. The van der Waals surface area contributed by atoms with Crippen LogP contribution in [0, 0.1) is 0 Å². The number of benzene rings is 1. The Kier molecular flexibility index (Phi) is 4.78. The van der Waals surface area contributed by atoms with Gasteiger partial charge in [-0.3, -0.25) is 4.79 Å². The van der Waals surface area contributed by atoms with Crippen molar-refractivity contribution in [2.24, 2.45) is 0 Å². The van der Waals surface area contributed by atoms with Gasteiger partial charge in [0.15, 0.2) is 5.78 Å². The molecule has 0 heterocycles. The van der Waals surface area contributed by atoms with Crippen molar-refractivity contribution < 1.29 is 9.53 Å². The van der Waals surface area contributed by atoms with Gasteiger partial charge in [0.1, 0.15) is 5.75 Å². The second kappa shape index (κ2) is 6.55. The number of hydrogen-bond donors (Lipinski definition) is 0. The lowest BCUT2D eigenvalue weighted by atomic mass is 9.99. The van der Waals surface area contributed by atoms with Gasteiger partial charge in [-0.15, -0.1) is 0 Å². The van der Waals surface area contributed by atoms with Crippen LogP contribution in [0.1, 0.15) is 56.3 Å². The molecule has 2 rings (SSSR count). The number of carbonyl (C=O) groups is 1. The molecule has 102 valence electrons. The van der Waals surface area contributed by atoms with Crippen LogP contribution in [0.15, 0.2) is 35.9 Å². The van der Waals surface area contributed by atoms with Gasteiger partial charge >= 0.3 is 0 Å². The summed E-state index contributed by atoms with van der Waals surface area (Å²) in [6.45, 7) is 3.99. The molecule has 0 saturated carbocycles. The Labute approximate surface area is 115 Å². The molecule has 1 aromatic carbocycles. The molecule has 0 unspecified atom stereocenters. The van der Waals surface area contributed by atoms with E-state index in [9.17, 15) is 4.79 Å². The van der Waals surface area contributed by atoms with Crippen LogP contribution in [0.3, 0.4) is 0 Å². The zero-order valence-electron chi connectivity index (χ0n) is 11.8. The van der Waals surface area contributed by atoms with Crippen molar-refractivity contribution in [3.8, 4) is 5.75 Å². The molecule has 0 saturated heterocycles. The second-order valence-electron chi connectivity index (χ2n) is 5.35. The van der Waals surface area contributed by atoms with Crippen molar-refractivity contribution in [2.45, 2.75) is 52.1 Å². The van der Waals surface area contributed by atoms with Gasteiger partial charge in [-0.2, -0.15) is 0 Å². The quantitative estimate of drug-likeness (QED) is 0.741. The summed E-state index contributed by atoms with van der Waals surface area (Å²) in [5.74, 6) is 0.999. The lowest BCUT2D eigenvalue weighted by Crippen LogP contribution is -2.06. The largest absolute Gasteiger partial charge is 0.491 e. The maximum absolute atomic E-state index is 12.4. The van der Waals surface area contributed by atoms with E-state index < -0.39 is 0 Å². The molecule has 0 aliphatic heterocycles. The molecule has 0 atom stereocenters. The van der Waals surface area contributed by atoms with E-state index >= 15 is 0 Å². The standard InChI is InChI=1S/C17H22O2/c1-13(2)19-16-11-9-15(10-12-16)17(18)14-7-5-3-4-6-8-14/h7,9-13H,3-6,8H2,1-2H3. The van der Waals surface area contributed by atoms with Gasteiger partial charge in [-0.1, -0.05) is 12.5 Å². The fourth-order valence-corrected chi connectivity index (χ4v) is 2.36. The van der Waals surface area contributed by atoms with E-state index in [-0.39, 0.29) is 11.9 Å². The summed E-state index contributed by atoms with van der Waals surface area (Å²) in [6, 6.07) is 7.49. The average Bonchev–Trinajstić information content (AvgIpc) is 2.67. The van der Waals surface area contributed by atoms with E-state index in [1.807, 2.05) is 38.1 Å². The third-order valence-electron chi connectivity index (χ3n) is 3.32. The molecule has 2 nitrogen and oxygen atoms in total. The van der Waals surface area contributed by atoms with Crippen LogP contribution < -0.4 is 4.74 Å². The molecule has 0 radical (unpaired) electrons. The van der Waals surface area contributed by atoms with E-state index in [1.165, 1.54) is 12.8 Å². The molecule has 1 aliphatic carbocycles. The topological polar surface area (TPSA) is 26.3 Å². The predicted molar refractivity (Wildman–Crippen MR) is 77.7 cm³/mol. The minimum atomic E-state index is 0.158. The molecule has 2 heteroatoms. The molecule has 0 bridgehead atoms. The zero-order chi connectivity index (χ0) is 13.7. The van der Waals surface area contributed by atoms with E-state index in [4.69, 9.17) is 4.74 Å². The summed E-state index contributed by atoms with van der Waals surface area (Å²) >= 11 is 0. The highest BCUT2D eigenvalue weighted by atomic mass is 16.5. The SMILES string of the molecule is CC(C)Oc1ccc(C(=O)C2=CCCCCC2)cc1. The first-order valence-corrected chi connectivity index (χ1v) is 7.17. The minimum absolute atomic E-state index is 0.158. The van der Waals surface area contributed by atoms with Crippen molar-refractivity contribution in [3.05, 3.63) is 41.5 Å². The van der Waals surface area contributed by atoms with E-state index in [2.05, 4.69) is 6.08 Å². The number of carbonyl (C=O) groups excluding carboxylic acids is 1. The first-order chi connectivity index (χ1) is 9.16. The molecule has 0 spiro atoms. The minimum Gasteiger partial charge on any atom is -0.491 e. The molecule has 0 fully saturated rings. The Morgan fingerprint density at radius 1 is 1.11 bits per heavy atom. The number of rotatable bonds is 4. The summed E-state index contributed by atoms with van der Waals surface area (Å²) in [6.07, 6.45) is 7.80. The zero-order valence-corrected chi connectivity index (χ0v) is 11.8. The van der Waals surface area contributed by atoms with Gasteiger partial charge < -0.3 is 4.74 Å². The molecule has 1 aromatic rings. The first kappa shape index (κ1) is 13.9. The summed E-state index contributed by atoms with van der Waals surface area (Å²) in [5.41, 5.74) is 1.75. The Bertz CT molecular complexity index is 455. The molecular weight excluding hydrogens is 236 g/mol. The molecule has 0 N–H and O–H groups in total. The number of ketones is 1. The van der Waals surface area contributed by atoms with Crippen LogP contribution in [0.5, 0.6) is 5.75 Å². The summed E-state index contributed by atoms with van der Waals surface area (Å²) in [7, 11) is 0. The number of ether oxygens (including phenoxy) is 1. The van der Waals surface area contributed by atoms with Crippen LogP contribution in [-0.2, 0) is 0 Å². The maximum Gasteiger partial charge on any atom is 0.188 e. The van der Waals surface area contributed by atoms with Gasteiger partial charge in [0.05, 0.1) is 6.10 Å². The van der Waals surface area contributed by atoms with Crippen molar-refractivity contribution in [2.75, 3.05) is 0 Å². The fourth-order valence-electron chi connectivity index (χ4n) is 2.36. The van der Waals surface area contributed by atoms with Gasteiger partial charge in [-0.05, 0) is 69.4 Å². The molecule has 0 aromatic heterocycles. The summed E-state index contributed by atoms with van der Waals surface area (Å²) in [4.78, 5) is 12.4.